The lowest BCUT2D eigenvalue weighted by Crippen LogP contribution is -2.27. The number of nitrogens with zero attached hydrogens (tertiary/aromatic N) is 3. The van der Waals surface area contributed by atoms with E-state index < -0.39 is 39.0 Å². The van der Waals surface area contributed by atoms with Crippen LogP contribution in [0.5, 0.6) is 5.75 Å². The number of ether oxygens (including phenoxy) is 2. The minimum Gasteiger partial charge on any atom is -0.459 e. The Morgan fingerprint density at radius 3 is 2.32 bits per heavy atom. The smallest absolute Gasteiger partial charge is 0.459 e. The minimum absolute atomic E-state index is 0.0299. The van der Waals surface area contributed by atoms with Crippen LogP contribution < -0.4 is 10.2 Å². The first kappa shape index (κ1) is 25.2. The second-order valence-corrected chi connectivity index (χ2v) is 9.48. The van der Waals surface area contributed by atoms with Crippen LogP contribution in [0, 0.1) is 0 Å². The van der Waals surface area contributed by atoms with Gasteiger partial charge in [0.15, 0.2) is 9.84 Å². The molecule has 0 spiro atoms. The number of carbonyl (C=O) groups excluding carboxylic acids is 1. The van der Waals surface area contributed by atoms with Gasteiger partial charge in [0, 0.05) is 12.8 Å². The van der Waals surface area contributed by atoms with Crippen LogP contribution in [0.4, 0.5) is 13.2 Å². The molecule has 0 N–H and O–H groups in total. The molecule has 1 aromatic heterocycles. The van der Waals surface area contributed by atoms with Crippen LogP contribution in [0.1, 0.15) is 10.5 Å². The summed E-state index contributed by atoms with van der Waals surface area (Å²) in [6.45, 7) is 0.310. The van der Waals surface area contributed by atoms with Gasteiger partial charge in [0.1, 0.15) is 12.4 Å². The van der Waals surface area contributed by atoms with E-state index in [1.807, 2.05) is 0 Å². The second-order valence-electron chi connectivity index (χ2n) is 7.49. The highest BCUT2D eigenvalue weighted by atomic mass is 32.2. The molecule has 3 aromatic rings. The maximum atomic E-state index is 13.1. The monoisotopic (exact) mass is 499 g/mol. The summed E-state index contributed by atoms with van der Waals surface area (Å²) in [7, 11) is -0.394. The third-order valence-corrected chi connectivity index (χ3v) is 5.69. The number of likely N-dealkylation sites (N-methyl/N-ethyl adjacent to an activating group) is 1. The van der Waals surface area contributed by atoms with Crippen LogP contribution >= 0.6 is 0 Å². The van der Waals surface area contributed by atoms with Crippen LogP contribution in [0.25, 0.3) is 16.6 Å². The standard InChI is InChI=1S/C21H20F3N3O6S/c1-26(2)11-12-32-20(29)18-19(28)17-15(5-4-6-16(17)34(3,30)31)27(25-18)13-7-9-14(10-8-13)33-21(22,23)24/h4-10H,11-12H2,1-3H3. The van der Waals surface area contributed by atoms with Crippen LogP contribution in [0.2, 0.25) is 0 Å². The van der Waals surface area contributed by atoms with Crippen molar-refractivity contribution in [2.75, 3.05) is 33.5 Å². The molecule has 0 saturated heterocycles. The van der Waals surface area contributed by atoms with Crippen molar-refractivity contribution < 1.29 is 35.9 Å². The average Bonchev–Trinajstić information content (AvgIpc) is 2.72. The molecule has 3 rings (SSSR count). The quantitative estimate of drug-likeness (QED) is 0.456. The highest BCUT2D eigenvalue weighted by Crippen LogP contribution is 2.26. The molecular formula is C21H20F3N3O6S. The maximum Gasteiger partial charge on any atom is 0.573 e. The second kappa shape index (κ2) is 9.43. The van der Waals surface area contributed by atoms with E-state index >= 15 is 0 Å². The topological polar surface area (TPSA) is 108 Å². The fraction of sp³-hybridized carbons (Fsp3) is 0.286. The summed E-state index contributed by atoms with van der Waals surface area (Å²) in [4.78, 5) is 27.2. The lowest BCUT2D eigenvalue weighted by atomic mass is 10.2. The van der Waals surface area contributed by atoms with Gasteiger partial charge in [-0.3, -0.25) is 4.79 Å². The van der Waals surface area contributed by atoms with Crippen LogP contribution in [-0.4, -0.2) is 68.9 Å². The number of fused-ring (bicyclic) bond motifs is 1. The Labute approximate surface area is 192 Å². The van der Waals surface area contributed by atoms with Gasteiger partial charge in [-0.1, -0.05) is 6.07 Å². The fourth-order valence-corrected chi connectivity index (χ4v) is 3.95. The Bertz CT molecular complexity index is 1380. The highest BCUT2D eigenvalue weighted by molar-refractivity contribution is 7.91. The average molecular weight is 499 g/mol. The fourth-order valence-electron chi connectivity index (χ4n) is 3.06. The normalized spacial score (nSPS) is 12.2. The van der Waals surface area contributed by atoms with Crippen LogP contribution in [-0.2, 0) is 14.6 Å². The van der Waals surface area contributed by atoms with Gasteiger partial charge in [-0.25, -0.2) is 17.9 Å². The van der Waals surface area contributed by atoms with Crippen molar-refractivity contribution in [1.82, 2.24) is 14.7 Å². The van der Waals surface area contributed by atoms with Gasteiger partial charge in [0.05, 0.1) is 21.5 Å². The van der Waals surface area contributed by atoms with E-state index in [0.29, 0.717) is 6.54 Å². The van der Waals surface area contributed by atoms with Crippen LogP contribution in [0.15, 0.2) is 52.2 Å². The summed E-state index contributed by atoms with van der Waals surface area (Å²) in [5.74, 6) is -1.57. The molecule has 0 radical (unpaired) electrons. The molecule has 0 aliphatic rings. The van der Waals surface area contributed by atoms with Gasteiger partial charge in [0.2, 0.25) is 11.1 Å². The van der Waals surface area contributed by atoms with Gasteiger partial charge < -0.3 is 14.4 Å². The third kappa shape index (κ3) is 5.72. The third-order valence-electron chi connectivity index (χ3n) is 4.55. The minimum atomic E-state index is -4.89. The molecule has 0 saturated carbocycles. The number of aromatic nitrogens is 2. The van der Waals surface area contributed by atoms with Gasteiger partial charge in [0.25, 0.3) is 0 Å². The molecule has 1 heterocycles. The van der Waals surface area contributed by atoms with Crippen LogP contribution in [0.3, 0.4) is 0 Å². The first-order valence-corrected chi connectivity index (χ1v) is 11.6. The van der Waals surface area contributed by atoms with Gasteiger partial charge in [-0.15, -0.1) is 13.2 Å². The van der Waals surface area contributed by atoms with Crippen molar-refractivity contribution in [3.8, 4) is 11.4 Å². The molecule has 13 heteroatoms. The number of sulfone groups is 1. The number of hydrogen-bond donors (Lipinski definition) is 0. The Morgan fingerprint density at radius 1 is 1.12 bits per heavy atom. The predicted molar refractivity (Wildman–Crippen MR) is 116 cm³/mol. The first-order valence-electron chi connectivity index (χ1n) is 9.72. The van der Waals surface area contributed by atoms with Gasteiger partial charge >= 0.3 is 12.3 Å². The molecule has 2 aromatic carbocycles. The molecule has 0 atom stereocenters. The number of carbonyl (C=O) groups is 1. The molecule has 0 aliphatic carbocycles. The molecule has 34 heavy (non-hydrogen) atoms. The Morgan fingerprint density at radius 2 is 1.76 bits per heavy atom. The van der Waals surface area contributed by atoms with E-state index in [0.717, 1.165) is 23.1 Å². The van der Waals surface area contributed by atoms with Crippen molar-refractivity contribution in [3.63, 3.8) is 0 Å². The van der Waals surface area contributed by atoms with E-state index in [1.54, 1.807) is 19.0 Å². The molecule has 0 amide bonds. The first-order chi connectivity index (χ1) is 15.8. The van der Waals surface area contributed by atoms with Gasteiger partial charge in [-0.05, 0) is 50.5 Å². The number of rotatable bonds is 7. The molecule has 0 fully saturated rings. The number of esters is 1. The highest BCUT2D eigenvalue weighted by Gasteiger charge is 2.31. The summed E-state index contributed by atoms with van der Waals surface area (Å²) in [6, 6.07) is 8.46. The van der Waals surface area contributed by atoms with Crippen molar-refractivity contribution in [2.24, 2.45) is 0 Å². The summed E-state index contributed by atoms with van der Waals surface area (Å²) in [6.07, 6.45) is -3.98. The summed E-state index contributed by atoms with van der Waals surface area (Å²) in [5.41, 5.74) is -1.44. The number of benzene rings is 2. The van der Waals surface area contributed by atoms with Crippen molar-refractivity contribution >= 4 is 26.7 Å². The maximum absolute atomic E-state index is 13.1. The Kier molecular flexibility index (Phi) is 6.98. The van der Waals surface area contributed by atoms with E-state index in [2.05, 4.69) is 9.84 Å². The Balaban J connectivity index is 2.22. The summed E-state index contributed by atoms with van der Waals surface area (Å²) < 4.78 is 72.2. The van der Waals surface area contributed by atoms with E-state index in [4.69, 9.17) is 4.74 Å². The zero-order valence-electron chi connectivity index (χ0n) is 18.3. The molecule has 182 valence electrons. The lowest BCUT2D eigenvalue weighted by Gasteiger charge is -2.15. The summed E-state index contributed by atoms with van der Waals surface area (Å²) >= 11 is 0. The number of alkyl halides is 3. The van der Waals surface area contributed by atoms with E-state index in [1.165, 1.54) is 30.3 Å². The van der Waals surface area contributed by atoms with E-state index in [9.17, 15) is 31.2 Å². The Hall–Kier alpha value is -3.45. The largest absolute Gasteiger partial charge is 0.573 e. The lowest BCUT2D eigenvalue weighted by molar-refractivity contribution is -0.274. The molecule has 9 nitrogen and oxygen atoms in total. The summed E-state index contributed by atoms with van der Waals surface area (Å²) in [5, 5.41) is 3.76. The SMILES string of the molecule is CN(C)CCOC(=O)c1nn(-c2ccc(OC(F)(F)F)cc2)c2cccc(S(C)(=O)=O)c2c1=O. The molecule has 0 bridgehead atoms. The zero-order chi connectivity index (χ0) is 25.3. The van der Waals surface area contributed by atoms with Crippen molar-refractivity contribution in [2.45, 2.75) is 11.3 Å². The molecular weight excluding hydrogens is 479 g/mol. The number of halogens is 3. The molecule has 0 unspecified atom stereocenters. The van der Waals surface area contributed by atoms with Gasteiger partial charge in [-0.2, -0.15) is 5.10 Å². The molecule has 0 aliphatic heterocycles. The van der Waals surface area contributed by atoms with E-state index in [-0.39, 0.29) is 28.1 Å². The number of hydrogen-bond acceptors (Lipinski definition) is 8. The van der Waals surface area contributed by atoms with Crippen molar-refractivity contribution in [1.29, 1.82) is 0 Å². The van der Waals surface area contributed by atoms with Crippen molar-refractivity contribution in [3.05, 3.63) is 58.4 Å². The zero-order valence-corrected chi connectivity index (χ0v) is 19.1. The predicted octanol–water partition coefficient (Wildman–Crippen LogP) is 2.41.